The highest BCUT2D eigenvalue weighted by Crippen LogP contribution is 1.99. The molecule has 0 radical (unpaired) electrons. The summed E-state index contributed by atoms with van der Waals surface area (Å²) in [5.41, 5.74) is 5.66. The number of carbonyl (C=O) groups excluding carboxylic acids is 1. The first-order valence-corrected chi connectivity index (χ1v) is 6.20. The van der Waals surface area contributed by atoms with Crippen LogP contribution in [0, 0.1) is 0 Å². The van der Waals surface area contributed by atoms with E-state index in [9.17, 15) is 9.59 Å². The Labute approximate surface area is 120 Å². The molecule has 0 spiro atoms. The Morgan fingerprint density at radius 2 is 2.19 bits per heavy atom. The van der Waals surface area contributed by atoms with Crippen LogP contribution in [0.1, 0.15) is 12.1 Å². The second-order valence-corrected chi connectivity index (χ2v) is 4.19. The van der Waals surface area contributed by atoms with E-state index in [0.29, 0.717) is 11.5 Å². The van der Waals surface area contributed by atoms with Crippen LogP contribution in [0.15, 0.2) is 30.6 Å². The van der Waals surface area contributed by atoms with Crippen LogP contribution in [-0.4, -0.2) is 37.0 Å². The van der Waals surface area contributed by atoms with E-state index < -0.39 is 5.97 Å². The minimum Gasteiger partial charge on any atom is -0.481 e. The SMILES string of the molecule is O=C(O)CCc1cn(CC(=O)NNc2ccccn2)nn1. The number of carboxylic acid groups (broad SMARTS) is 1. The minimum absolute atomic E-state index is 0.0217. The highest BCUT2D eigenvalue weighted by molar-refractivity contribution is 5.76. The molecule has 21 heavy (non-hydrogen) atoms. The molecule has 0 aliphatic carbocycles. The molecule has 9 nitrogen and oxygen atoms in total. The second kappa shape index (κ2) is 6.98. The van der Waals surface area contributed by atoms with E-state index in [1.807, 2.05) is 0 Å². The molecule has 0 fully saturated rings. The van der Waals surface area contributed by atoms with Crippen molar-refractivity contribution in [1.29, 1.82) is 0 Å². The molecule has 0 atom stereocenters. The average molecular weight is 290 g/mol. The van der Waals surface area contributed by atoms with Gasteiger partial charge in [0.15, 0.2) is 0 Å². The van der Waals surface area contributed by atoms with Gasteiger partial charge in [-0.2, -0.15) is 0 Å². The van der Waals surface area contributed by atoms with Gasteiger partial charge in [-0.05, 0) is 12.1 Å². The number of aryl methyl sites for hydroxylation is 1. The van der Waals surface area contributed by atoms with Crippen LogP contribution in [0.5, 0.6) is 0 Å². The summed E-state index contributed by atoms with van der Waals surface area (Å²) in [5.74, 6) is -0.705. The van der Waals surface area contributed by atoms with E-state index in [4.69, 9.17) is 5.11 Å². The van der Waals surface area contributed by atoms with E-state index in [1.54, 1.807) is 30.6 Å². The van der Waals surface area contributed by atoms with Crippen molar-refractivity contribution in [3.05, 3.63) is 36.3 Å². The lowest BCUT2D eigenvalue weighted by Gasteiger charge is -2.06. The van der Waals surface area contributed by atoms with Crippen molar-refractivity contribution in [2.45, 2.75) is 19.4 Å². The zero-order chi connectivity index (χ0) is 15.1. The smallest absolute Gasteiger partial charge is 0.303 e. The number of hydrogen-bond donors (Lipinski definition) is 3. The van der Waals surface area contributed by atoms with Gasteiger partial charge in [0.1, 0.15) is 12.4 Å². The van der Waals surface area contributed by atoms with Gasteiger partial charge in [-0.25, -0.2) is 9.67 Å². The zero-order valence-corrected chi connectivity index (χ0v) is 11.1. The van der Waals surface area contributed by atoms with Gasteiger partial charge in [0.05, 0.1) is 12.1 Å². The Morgan fingerprint density at radius 1 is 1.33 bits per heavy atom. The van der Waals surface area contributed by atoms with Gasteiger partial charge >= 0.3 is 5.97 Å². The fraction of sp³-hybridized carbons (Fsp3) is 0.250. The quantitative estimate of drug-likeness (QED) is 0.605. The van der Waals surface area contributed by atoms with Crippen molar-refractivity contribution < 1.29 is 14.7 Å². The van der Waals surface area contributed by atoms with Gasteiger partial charge in [-0.15, -0.1) is 5.10 Å². The van der Waals surface area contributed by atoms with Gasteiger partial charge in [-0.1, -0.05) is 11.3 Å². The predicted molar refractivity (Wildman–Crippen MR) is 72.0 cm³/mol. The number of nitrogens with zero attached hydrogens (tertiary/aromatic N) is 4. The van der Waals surface area contributed by atoms with Crippen LogP contribution in [0.3, 0.4) is 0 Å². The largest absolute Gasteiger partial charge is 0.481 e. The molecule has 0 aliphatic heterocycles. The topological polar surface area (TPSA) is 122 Å². The Hall–Kier alpha value is -2.97. The summed E-state index contributed by atoms with van der Waals surface area (Å²) < 4.78 is 1.34. The lowest BCUT2D eigenvalue weighted by Crippen LogP contribution is -2.33. The number of hydrazine groups is 1. The number of rotatable bonds is 7. The molecule has 0 saturated carbocycles. The number of carbonyl (C=O) groups is 2. The molecule has 9 heteroatoms. The van der Waals surface area contributed by atoms with Gasteiger partial charge in [0.25, 0.3) is 5.91 Å². The summed E-state index contributed by atoms with van der Waals surface area (Å²) in [6.45, 7) is -0.0279. The average Bonchev–Trinajstić information content (AvgIpc) is 2.91. The number of aromatic nitrogens is 4. The van der Waals surface area contributed by atoms with Crippen LogP contribution in [0.25, 0.3) is 0 Å². The Balaban J connectivity index is 1.78. The third-order valence-electron chi connectivity index (χ3n) is 2.48. The molecule has 0 bridgehead atoms. The maximum Gasteiger partial charge on any atom is 0.303 e. The van der Waals surface area contributed by atoms with E-state index in [0.717, 1.165) is 0 Å². The molecule has 2 aromatic rings. The molecular formula is C12H14N6O3. The first kappa shape index (κ1) is 14.4. The fourth-order valence-electron chi connectivity index (χ4n) is 1.52. The van der Waals surface area contributed by atoms with E-state index >= 15 is 0 Å². The molecule has 2 rings (SSSR count). The Bertz CT molecular complexity index is 612. The molecule has 110 valence electrons. The standard InChI is InChI=1S/C12H14N6O3/c19-11(16-15-10-3-1-2-6-13-10)8-18-7-9(14-17-18)4-5-12(20)21/h1-3,6-7H,4-5,8H2,(H,13,15)(H,16,19)(H,20,21). The predicted octanol–water partition coefficient (Wildman–Crippen LogP) is -0.166. The van der Waals surface area contributed by atoms with Crippen molar-refractivity contribution >= 4 is 17.7 Å². The third kappa shape index (κ3) is 4.90. The van der Waals surface area contributed by atoms with Gasteiger partial charge in [-0.3, -0.25) is 20.4 Å². The summed E-state index contributed by atoms with van der Waals surface area (Å²) >= 11 is 0. The number of pyridine rings is 1. The maximum atomic E-state index is 11.7. The molecule has 2 heterocycles. The van der Waals surface area contributed by atoms with Crippen LogP contribution < -0.4 is 10.9 Å². The molecule has 0 aliphatic rings. The number of carboxylic acids is 1. The van der Waals surface area contributed by atoms with Crippen LogP contribution in [0.2, 0.25) is 0 Å². The van der Waals surface area contributed by atoms with Crippen molar-refractivity contribution in [1.82, 2.24) is 25.4 Å². The highest BCUT2D eigenvalue weighted by atomic mass is 16.4. The number of amides is 1. The van der Waals surface area contributed by atoms with E-state index in [1.165, 1.54) is 4.68 Å². The van der Waals surface area contributed by atoms with Crippen molar-refractivity contribution in [3.63, 3.8) is 0 Å². The fourth-order valence-corrected chi connectivity index (χ4v) is 1.52. The number of nitrogens with one attached hydrogen (secondary N) is 2. The number of aliphatic carboxylic acids is 1. The monoisotopic (exact) mass is 290 g/mol. The Kier molecular flexibility index (Phi) is 4.80. The normalized spacial score (nSPS) is 10.1. The summed E-state index contributed by atoms with van der Waals surface area (Å²) in [6.07, 6.45) is 3.40. The highest BCUT2D eigenvalue weighted by Gasteiger charge is 2.07. The zero-order valence-electron chi connectivity index (χ0n) is 11.1. The molecule has 3 N–H and O–H groups in total. The lowest BCUT2D eigenvalue weighted by atomic mass is 10.2. The van der Waals surface area contributed by atoms with Crippen LogP contribution in [0.4, 0.5) is 5.82 Å². The van der Waals surface area contributed by atoms with Gasteiger partial charge < -0.3 is 5.11 Å². The third-order valence-corrected chi connectivity index (χ3v) is 2.48. The van der Waals surface area contributed by atoms with E-state index in [2.05, 4.69) is 26.1 Å². The molecule has 1 amide bonds. The molecule has 2 aromatic heterocycles. The molecule has 0 saturated heterocycles. The maximum absolute atomic E-state index is 11.7. The number of hydrogen-bond acceptors (Lipinski definition) is 6. The summed E-state index contributed by atoms with van der Waals surface area (Å²) in [6, 6.07) is 5.26. The van der Waals surface area contributed by atoms with Crippen LogP contribution >= 0.6 is 0 Å². The first-order chi connectivity index (χ1) is 10.1. The van der Waals surface area contributed by atoms with Crippen LogP contribution in [-0.2, 0) is 22.6 Å². The van der Waals surface area contributed by atoms with E-state index in [-0.39, 0.29) is 25.3 Å². The molecule has 0 aromatic carbocycles. The van der Waals surface area contributed by atoms with Gasteiger partial charge in [0, 0.05) is 18.8 Å². The summed E-state index contributed by atoms with van der Waals surface area (Å²) in [5, 5.41) is 16.1. The van der Waals surface area contributed by atoms with Crippen molar-refractivity contribution in [2.75, 3.05) is 5.43 Å². The van der Waals surface area contributed by atoms with Crippen molar-refractivity contribution in [2.24, 2.45) is 0 Å². The molecule has 0 unspecified atom stereocenters. The lowest BCUT2D eigenvalue weighted by molar-refractivity contribution is -0.137. The number of anilines is 1. The summed E-state index contributed by atoms with van der Waals surface area (Å²) in [7, 11) is 0. The first-order valence-electron chi connectivity index (χ1n) is 6.20. The Morgan fingerprint density at radius 3 is 2.90 bits per heavy atom. The second-order valence-electron chi connectivity index (χ2n) is 4.19. The van der Waals surface area contributed by atoms with Gasteiger partial charge in [0.2, 0.25) is 0 Å². The van der Waals surface area contributed by atoms with Crippen molar-refractivity contribution in [3.8, 4) is 0 Å². The molecular weight excluding hydrogens is 276 g/mol. The summed E-state index contributed by atoms with van der Waals surface area (Å²) in [4.78, 5) is 26.1. The minimum atomic E-state index is -0.901.